The fraction of sp³-hybridized carbons (Fsp3) is 0.375. The number of nitrogens with one attached hydrogen (secondary N) is 1. The van der Waals surface area contributed by atoms with E-state index in [0.717, 1.165) is 14.4 Å². The smallest absolute Gasteiger partial charge is 0.237 e. The molecule has 0 fully saturated rings. The lowest BCUT2D eigenvalue weighted by molar-refractivity contribution is -0.115. The van der Waals surface area contributed by atoms with Crippen molar-refractivity contribution in [2.24, 2.45) is 5.92 Å². The Morgan fingerprint density at radius 2 is 2.08 bits per heavy atom. The van der Waals surface area contributed by atoms with Gasteiger partial charge in [0.05, 0.1) is 16.9 Å². The summed E-state index contributed by atoms with van der Waals surface area (Å²) in [5, 5.41) is 19.7. The first-order chi connectivity index (χ1) is 11.5. The summed E-state index contributed by atoms with van der Waals surface area (Å²) in [4.78, 5) is 12.3. The maximum Gasteiger partial charge on any atom is 0.237 e. The summed E-state index contributed by atoms with van der Waals surface area (Å²) >= 11 is 4.60. The quantitative estimate of drug-likeness (QED) is 0.725. The van der Waals surface area contributed by atoms with Crippen molar-refractivity contribution < 1.29 is 4.79 Å². The Morgan fingerprint density at radius 1 is 1.33 bits per heavy atom. The topological polar surface area (TPSA) is 78.7 Å². The molecule has 1 aromatic heterocycles. The van der Waals surface area contributed by atoms with Crippen LogP contribution in [-0.4, -0.2) is 27.1 Å². The van der Waals surface area contributed by atoms with Crippen LogP contribution < -0.4 is 5.32 Å². The van der Waals surface area contributed by atoms with E-state index in [1.54, 1.807) is 36.0 Å². The van der Waals surface area contributed by atoms with Gasteiger partial charge in [0.2, 0.25) is 5.91 Å². The van der Waals surface area contributed by atoms with Gasteiger partial charge in [-0.1, -0.05) is 54.8 Å². The Bertz CT molecular complexity index is 739. The number of carbonyl (C=O) groups excluding carboxylic acids is 1. The van der Waals surface area contributed by atoms with E-state index in [-0.39, 0.29) is 11.2 Å². The number of nitrogens with zero attached hydrogens (tertiary/aromatic N) is 3. The normalized spacial score (nSPS) is 12.0. The molecule has 0 bridgehead atoms. The molecular weight excluding hydrogens is 360 g/mol. The molecule has 0 spiro atoms. The number of hydrogen-bond acceptors (Lipinski definition) is 7. The van der Waals surface area contributed by atoms with Gasteiger partial charge in [-0.3, -0.25) is 4.79 Å². The predicted octanol–water partition coefficient (Wildman–Crippen LogP) is 4.28. The molecule has 2 rings (SSSR count). The van der Waals surface area contributed by atoms with Crippen molar-refractivity contribution in [1.82, 2.24) is 10.2 Å². The molecule has 1 atom stereocenters. The highest BCUT2D eigenvalue weighted by atomic mass is 32.2. The molecular formula is C16H18N4OS3. The van der Waals surface area contributed by atoms with Crippen molar-refractivity contribution in [1.29, 1.82) is 5.26 Å². The maximum atomic E-state index is 12.3. The van der Waals surface area contributed by atoms with Crippen LogP contribution in [0.4, 0.5) is 5.69 Å². The van der Waals surface area contributed by atoms with Crippen LogP contribution in [0.15, 0.2) is 32.9 Å². The third kappa shape index (κ3) is 5.82. The first-order valence-corrected chi connectivity index (χ1v) is 10.1. The van der Waals surface area contributed by atoms with Gasteiger partial charge in [-0.25, -0.2) is 0 Å². The number of benzene rings is 1. The molecule has 0 unspecified atom stereocenters. The van der Waals surface area contributed by atoms with Gasteiger partial charge in [-0.05, 0) is 31.0 Å². The Hall–Kier alpha value is -1.56. The van der Waals surface area contributed by atoms with Crippen molar-refractivity contribution in [2.75, 3.05) is 11.1 Å². The summed E-state index contributed by atoms with van der Waals surface area (Å²) in [7, 11) is 0. The third-order valence-corrected chi connectivity index (χ3v) is 6.50. The van der Waals surface area contributed by atoms with Gasteiger partial charge in [-0.15, -0.1) is 10.2 Å². The lowest BCUT2D eigenvalue weighted by atomic mass is 10.2. The van der Waals surface area contributed by atoms with Gasteiger partial charge in [-0.2, -0.15) is 5.26 Å². The second kappa shape index (κ2) is 9.06. The van der Waals surface area contributed by atoms with Crippen LogP contribution in [0.2, 0.25) is 0 Å². The van der Waals surface area contributed by atoms with E-state index >= 15 is 0 Å². The van der Waals surface area contributed by atoms with Gasteiger partial charge in [0.1, 0.15) is 0 Å². The average molecular weight is 379 g/mol. The molecule has 126 valence electrons. The molecule has 8 heteroatoms. The first-order valence-electron chi connectivity index (χ1n) is 7.42. The molecule has 0 aliphatic heterocycles. The highest BCUT2D eigenvalue weighted by Gasteiger charge is 2.17. The summed E-state index contributed by atoms with van der Waals surface area (Å²) in [6.45, 7) is 6.16. The standard InChI is InChI=1S/C16H18N4OS3/c1-10(2)9-22-15-19-20-16(24-15)23-11(3)14(21)18-13-6-4-5-12(7-13)8-17/h4-7,10-11H,9H2,1-3H3,(H,18,21)/t11-/m0/s1. The van der Waals surface area contributed by atoms with E-state index in [4.69, 9.17) is 5.26 Å². The van der Waals surface area contributed by atoms with Crippen molar-refractivity contribution in [3.63, 3.8) is 0 Å². The summed E-state index contributed by atoms with van der Waals surface area (Å²) in [5.41, 5.74) is 1.14. The monoisotopic (exact) mass is 378 g/mol. The zero-order valence-electron chi connectivity index (χ0n) is 13.6. The van der Waals surface area contributed by atoms with Crippen LogP contribution >= 0.6 is 34.9 Å². The fourth-order valence-corrected chi connectivity index (χ4v) is 4.80. The van der Waals surface area contributed by atoms with Crippen LogP contribution in [0.3, 0.4) is 0 Å². The maximum absolute atomic E-state index is 12.3. The number of amides is 1. The van der Waals surface area contributed by atoms with Crippen LogP contribution in [0, 0.1) is 17.2 Å². The summed E-state index contributed by atoms with van der Waals surface area (Å²) in [6, 6.07) is 8.92. The minimum absolute atomic E-state index is 0.123. The number of nitriles is 1. The molecule has 1 N–H and O–H groups in total. The molecule has 24 heavy (non-hydrogen) atoms. The predicted molar refractivity (Wildman–Crippen MR) is 101 cm³/mol. The highest BCUT2D eigenvalue weighted by molar-refractivity contribution is 8.03. The number of rotatable bonds is 7. The molecule has 5 nitrogen and oxygen atoms in total. The summed E-state index contributed by atoms with van der Waals surface area (Å²) in [5.74, 6) is 1.48. The van der Waals surface area contributed by atoms with Crippen molar-refractivity contribution in [2.45, 2.75) is 34.7 Å². The minimum Gasteiger partial charge on any atom is -0.325 e. The molecule has 0 saturated heterocycles. The van der Waals surface area contributed by atoms with Crippen molar-refractivity contribution >= 4 is 46.5 Å². The number of anilines is 1. The molecule has 0 aliphatic carbocycles. The number of carbonyl (C=O) groups is 1. The second-order valence-electron chi connectivity index (χ2n) is 5.48. The SMILES string of the molecule is CC(C)CSc1nnc(S[C@@H](C)C(=O)Nc2cccc(C#N)c2)s1. The van der Waals surface area contributed by atoms with Crippen molar-refractivity contribution in [3.05, 3.63) is 29.8 Å². The summed E-state index contributed by atoms with van der Waals surface area (Å²) < 4.78 is 1.72. The molecule has 1 aromatic carbocycles. The Morgan fingerprint density at radius 3 is 2.79 bits per heavy atom. The van der Waals surface area contributed by atoms with Gasteiger partial charge in [0.25, 0.3) is 0 Å². The number of thioether (sulfide) groups is 2. The molecule has 0 aliphatic rings. The van der Waals surface area contributed by atoms with Crippen LogP contribution in [0.5, 0.6) is 0 Å². The van der Waals surface area contributed by atoms with Gasteiger partial charge < -0.3 is 5.32 Å². The van der Waals surface area contributed by atoms with Gasteiger partial charge in [0.15, 0.2) is 8.68 Å². The highest BCUT2D eigenvalue weighted by Crippen LogP contribution is 2.32. The number of hydrogen-bond donors (Lipinski definition) is 1. The van der Waals surface area contributed by atoms with Crippen LogP contribution in [-0.2, 0) is 4.79 Å². The molecule has 1 heterocycles. The van der Waals surface area contributed by atoms with E-state index in [1.807, 2.05) is 6.92 Å². The zero-order valence-corrected chi connectivity index (χ0v) is 16.1. The Kier molecular flexibility index (Phi) is 7.09. The van der Waals surface area contributed by atoms with Crippen LogP contribution in [0.25, 0.3) is 0 Å². The Labute approximate surface area is 154 Å². The van der Waals surface area contributed by atoms with E-state index < -0.39 is 0 Å². The fourth-order valence-electron chi connectivity index (χ4n) is 1.66. The first kappa shape index (κ1) is 18.8. The van der Waals surface area contributed by atoms with E-state index in [2.05, 4.69) is 35.4 Å². The van der Waals surface area contributed by atoms with Gasteiger partial charge in [0, 0.05) is 11.4 Å². The second-order valence-corrected chi connectivity index (χ2v) is 9.31. The Balaban J connectivity index is 1.90. The number of aromatic nitrogens is 2. The lowest BCUT2D eigenvalue weighted by Gasteiger charge is -2.10. The minimum atomic E-state index is -0.299. The van der Waals surface area contributed by atoms with Gasteiger partial charge >= 0.3 is 0 Å². The lowest BCUT2D eigenvalue weighted by Crippen LogP contribution is -2.22. The van der Waals surface area contributed by atoms with E-state index in [1.165, 1.54) is 23.1 Å². The van der Waals surface area contributed by atoms with Crippen LogP contribution in [0.1, 0.15) is 26.3 Å². The largest absolute Gasteiger partial charge is 0.325 e. The molecule has 0 radical (unpaired) electrons. The molecule has 0 saturated carbocycles. The van der Waals surface area contributed by atoms with Crippen molar-refractivity contribution in [3.8, 4) is 6.07 Å². The summed E-state index contributed by atoms with van der Waals surface area (Å²) in [6.07, 6.45) is 0. The molecule has 1 amide bonds. The zero-order chi connectivity index (χ0) is 17.5. The average Bonchev–Trinajstić information content (AvgIpc) is 3.00. The third-order valence-electron chi connectivity index (χ3n) is 2.83. The molecule has 2 aromatic rings. The van der Waals surface area contributed by atoms with E-state index in [0.29, 0.717) is 17.2 Å². The van der Waals surface area contributed by atoms with E-state index in [9.17, 15) is 4.79 Å².